The van der Waals surface area contributed by atoms with E-state index in [1.54, 1.807) is 0 Å². The first-order valence-corrected chi connectivity index (χ1v) is 7.91. The molecule has 1 fully saturated rings. The summed E-state index contributed by atoms with van der Waals surface area (Å²) in [4.78, 5) is 1.85. The number of rotatable bonds is 7. The summed E-state index contributed by atoms with van der Waals surface area (Å²) in [7, 11) is 0. The molecule has 120 valence electrons. The van der Waals surface area contributed by atoms with Gasteiger partial charge in [-0.1, -0.05) is 27.2 Å². The summed E-state index contributed by atoms with van der Waals surface area (Å²) in [6, 6.07) is 0. The highest BCUT2D eigenvalue weighted by molar-refractivity contribution is 4.94. The molecule has 0 saturated carbocycles. The van der Waals surface area contributed by atoms with Crippen LogP contribution in [0.15, 0.2) is 0 Å². The molecule has 1 unspecified atom stereocenters. The second kappa shape index (κ2) is 7.17. The first-order chi connectivity index (χ1) is 9.19. The van der Waals surface area contributed by atoms with E-state index in [0.29, 0.717) is 19.6 Å². The van der Waals surface area contributed by atoms with Crippen molar-refractivity contribution >= 4 is 0 Å². The van der Waals surface area contributed by atoms with E-state index < -0.39 is 11.8 Å². The van der Waals surface area contributed by atoms with Crippen LogP contribution in [0, 0.1) is 11.3 Å². The van der Waals surface area contributed by atoms with Gasteiger partial charge in [0.15, 0.2) is 0 Å². The second-order valence-corrected chi connectivity index (χ2v) is 7.04. The van der Waals surface area contributed by atoms with Crippen LogP contribution in [-0.4, -0.2) is 43.2 Å². The van der Waals surface area contributed by atoms with Crippen molar-refractivity contribution in [2.45, 2.75) is 65.9 Å². The molecule has 20 heavy (non-hydrogen) atoms. The molecule has 0 aromatic heterocycles. The van der Waals surface area contributed by atoms with Crippen LogP contribution in [0.3, 0.4) is 0 Å². The summed E-state index contributed by atoms with van der Waals surface area (Å²) in [5.41, 5.74) is -0.279. The van der Waals surface area contributed by atoms with E-state index in [1.807, 2.05) is 32.6 Å². The Balaban J connectivity index is 2.54. The SMILES string of the molecule is CCCC(C)(C)C1CCN(CCOC(C)C)CC1(F)F. The minimum Gasteiger partial charge on any atom is -0.377 e. The topological polar surface area (TPSA) is 12.5 Å². The van der Waals surface area contributed by atoms with Crippen LogP contribution in [0.25, 0.3) is 0 Å². The summed E-state index contributed by atoms with van der Waals surface area (Å²) >= 11 is 0. The van der Waals surface area contributed by atoms with Gasteiger partial charge in [0.05, 0.1) is 19.3 Å². The van der Waals surface area contributed by atoms with Crippen LogP contribution in [0.4, 0.5) is 8.78 Å². The molecule has 0 amide bonds. The lowest BCUT2D eigenvalue weighted by Crippen LogP contribution is -2.53. The highest BCUT2D eigenvalue weighted by Gasteiger charge is 2.50. The Bertz CT molecular complexity index is 292. The van der Waals surface area contributed by atoms with Crippen molar-refractivity contribution in [3.05, 3.63) is 0 Å². The molecular weight excluding hydrogens is 260 g/mol. The first-order valence-electron chi connectivity index (χ1n) is 7.91. The van der Waals surface area contributed by atoms with E-state index in [2.05, 4.69) is 6.92 Å². The van der Waals surface area contributed by atoms with Crippen molar-refractivity contribution in [2.24, 2.45) is 11.3 Å². The first kappa shape index (κ1) is 17.8. The molecule has 1 saturated heterocycles. The van der Waals surface area contributed by atoms with E-state index >= 15 is 0 Å². The highest BCUT2D eigenvalue weighted by Crippen LogP contribution is 2.46. The summed E-state index contributed by atoms with van der Waals surface area (Å²) in [5, 5.41) is 0. The van der Waals surface area contributed by atoms with Crippen LogP contribution >= 0.6 is 0 Å². The van der Waals surface area contributed by atoms with Gasteiger partial charge in [0.1, 0.15) is 0 Å². The van der Waals surface area contributed by atoms with Crippen LogP contribution in [0.1, 0.15) is 53.9 Å². The van der Waals surface area contributed by atoms with Gasteiger partial charge < -0.3 is 4.74 Å². The minimum atomic E-state index is -2.59. The lowest BCUT2D eigenvalue weighted by molar-refractivity contribution is -0.150. The molecular formula is C16H31F2NO. The Morgan fingerprint density at radius 1 is 1.35 bits per heavy atom. The fraction of sp³-hybridized carbons (Fsp3) is 1.00. The normalized spacial score (nSPS) is 24.3. The third kappa shape index (κ3) is 4.96. The number of hydrogen-bond donors (Lipinski definition) is 0. The van der Waals surface area contributed by atoms with E-state index in [9.17, 15) is 8.78 Å². The molecule has 0 aliphatic carbocycles. The van der Waals surface area contributed by atoms with Gasteiger partial charge in [-0.25, -0.2) is 8.78 Å². The second-order valence-electron chi connectivity index (χ2n) is 7.04. The van der Waals surface area contributed by atoms with E-state index in [1.165, 1.54) is 0 Å². The Kier molecular flexibility index (Phi) is 6.39. The molecule has 1 rings (SSSR count). The molecule has 1 aliphatic rings. The van der Waals surface area contributed by atoms with Crippen LogP contribution in [0.2, 0.25) is 0 Å². The number of alkyl halides is 2. The zero-order valence-electron chi connectivity index (χ0n) is 13.7. The smallest absolute Gasteiger partial charge is 0.263 e. The van der Waals surface area contributed by atoms with E-state index in [4.69, 9.17) is 4.74 Å². The zero-order chi connectivity index (χ0) is 15.4. The third-order valence-corrected chi connectivity index (χ3v) is 4.37. The highest BCUT2D eigenvalue weighted by atomic mass is 19.3. The van der Waals surface area contributed by atoms with Gasteiger partial charge in [0.25, 0.3) is 5.92 Å². The fourth-order valence-electron chi connectivity index (χ4n) is 3.40. The quantitative estimate of drug-likeness (QED) is 0.697. The molecule has 0 aromatic rings. The van der Waals surface area contributed by atoms with Gasteiger partial charge in [0.2, 0.25) is 0 Å². The summed E-state index contributed by atoms with van der Waals surface area (Å²) in [5.74, 6) is -3.09. The minimum absolute atomic E-state index is 0.119. The number of hydrogen-bond acceptors (Lipinski definition) is 2. The molecule has 1 heterocycles. The number of ether oxygens (including phenoxy) is 1. The van der Waals surface area contributed by atoms with Crippen molar-refractivity contribution in [1.29, 1.82) is 0 Å². The summed E-state index contributed by atoms with van der Waals surface area (Å²) in [6.45, 7) is 11.8. The van der Waals surface area contributed by atoms with Crippen molar-refractivity contribution < 1.29 is 13.5 Å². The number of nitrogens with zero attached hydrogens (tertiary/aromatic N) is 1. The fourth-order valence-corrected chi connectivity index (χ4v) is 3.40. The van der Waals surface area contributed by atoms with Gasteiger partial charge in [-0.3, -0.25) is 4.90 Å². The maximum absolute atomic E-state index is 14.4. The Morgan fingerprint density at radius 2 is 2.00 bits per heavy atom. The molecule has 0 radical (unpaired) electrons. The standard InChI is InChI=1S/C16H31F2NO/c1-6-8-15(4,5)14-7-9-19(12-16(14,17)18)10-11-20-13(2)3/h13-14H,6-12H2,1-5H3. The molecule has 4 heteroatoms. The van der Waals surface area contributed by atoms with Gasteiger partial charge >= 0.3 is 0 Å². The van der Waals surface area contributed by atoms with Gasteiger partial charge in [-0.05, 0) is 38.6 Å². The Labute approximate surface area is 122 Å². The molecule has 0 spiro atoms. The summed E-state index contributed by atoms with van der Waals surface area (Å²) in [6.07, 6.45) is 2.58. The van der Waals surface area contributed by atoms with Crippen molar-refractivity contribution in [3.8, 4) is 0 Å². The molecule has 0 N–H and O–H groups in total. The zero-order valence-corrected chi connectivity index (χ0v) is 13.7. The average Bonchev–Trinajstić information content (AvgIpc) is 2.26. The largest absolute Gasteiger partial charge is 0.377 e. The maximum atomic E-state index is 14.4. The van der Waals surface area contributed by atoms with E-state index in [-0.39, 0.29) is 18.1 Å². The third-order valence-electron chi connectivity index (χ3n) is 4.37. The van der Waals surface area contributed by atoms with Gasteiger partial charge in [-0.15, -0.1) is 0 Å². The van der Waals surface area contributed by atoms with Crippen molar-refractivity contribution in [1.82, 2.24) is 4.90 Å². The predicted molar refractivity (Wildman–Crippen MR) is 79.3 cm³/mol. The van der Waals surface area contributed by atoms with Crippen LogP contribution in [-0.2, 0) is 4.74 Å². The molecule has 0 bridgehead atoms. The van der Waals surface area contributed by atoms with E-state index in [0.717, 1.165) is 19.4 Å². The average molecular weight is 291 g/mol. The molecule has 2 nitrogen and oxygen atoms in total. The lowest BCUT2D eigenvalue weighted by atomic mass is 9.69. The number of piperidine rings is 1. The Hall–Kier alpha value is -0.220. The van der Waals surface area contributed by atoms with Crippen molar-refractivity contribution in [2.75, 3.05) is 26.2 Å². The van der Waals surface area contributed by atoms with Gasteiger partial charge in [0, 0.05) is 12.5 Å². The maximum Gasteiger partial charge on any atom is 0.263 e. The summed E-state index contributed by atoms with van der Waals surface area (Å²) < 4.78 is 34.3. The molecule has 1 atom stereocenters. The Morgan fingerprint density at radius 3 is 2.50 bits per heavy atom. The van der Waals surface area contributed by atoms with Crippen LogP contribution < -0.4 is 0 Å². The monoisotopic (exact) mass is 291 g/mol. The molecule has 1 aliphatic heterocycles. The van der Waals surface area contributed by atoms with Crippen LogP contribution in [0.5, 0.6) is 0 Å². The van der Waals surface area contributed by atoms with Gasteiger partial charge in [-0.2, -0.15) is 0 Å². The van der Waals surface area contributed by atoms with Crippen molar-refractivity contribution in [3.63, 3.8) is 0 Å². The number of likely N-dealkylation sites (tertiary alicyclic amines) is 1. The number of halogens is 2. The predicted octanol–water partition coefficient (Wildman–Crippen LogP) is 4.19. The lowest BCUT2D eigenvalue weighted by Gasteiger charge is -2.45. The molecule has 0 aromatic carbocycles.